The third kappa shape index (κ3) is 5.43. The van der Waals surface area contributed by atoms with Crippen LogP contribution in [-0.2, 0) is 6.42 Å². The Morgan fingerprint density at radius 1 is 0.926 bits per heavy atom. The molecule has 3 rings (SSSR count). The van der Waals surface area contributed by atoms with Crippen LogP contribution in [0.4, 0.5) is 0 Å². The fraction of sp³-hybridized carbons (Fsp3) is 0.577. The average Bonchev–Trinajstić information content (AvgIpc) is 2.71. The molecule has 0 spiro atoms. The predicted octanol–water partition coefficient (Wildman–Crippen LogP) is 7.80. The molecule has 0 unspecified atom stereocenters. The number of aromatic nitrogens is 1. The molecule has 1 aromatic carbocycles. The molecule has 1 aliphatic carbocycles. The molecule has 0 aliphatic heterocycles. The first-order valence-corrected chi connectivity index (χ1v) is 11.3. The summed E-state index contributed by atoms with van der Waals surface area (Å²) in [5, 5.41) is 0. The van der Waals surface area contributed by atoms with E-state index >= 15 is 0 Å². The molecule has 1 saturated carbocycles. The minimum atomic E-state index is 0.746. The van der Waals surface area contributed by atoms with Crippen LogP contribution in [0.5, 0.6) is 0 Å². The summed E-state index contributed by atoms with van der Waals surface area (Å²) >= 11 is 0. The van der Waals surface area contributed by atoms with Crippen molar-refractivity contribution >= 4 is 0 Å². The lowest BCUT2D eigenvalue weighted by atomic mass is 9.71. The van der Waals surface area contributed by atoms with Gasteiger partial charge in [0, 0.05) is 11.8 Å². The zero-order chi connectivity index (χ0) is 19.1. The van der Waals surface area contributed by atoms with Gasteiger partial charge in [0.05, 0.1) is 5.69 Å². The second-order valence-corrected chi connectivity index (χ2v) is 8.67. The van der Waals surface area contributed by atoms with E-state index in [4.69, 9.17) is 4.98 Å². The molecule has 0 saturated heterocycles. The van der Waals surface area contributed by atoms with E-state index < -0.39 is 0 Å². The topological polar surface area (TPSA) is 12.9 Å². The highest BCUT2D eigenvalue weighted by molar-refractivity contribution is 5.59. The molecular formula is C26H37N. The second kappa shape index (κ2) is 10.1. The molecule has 146 valence electrons. The minimum absolute atomic E-state index is 0.746. The summed E-state index contributed by atoms with van der Waals surface area (Å²) in [6.07, 6.45) is 13.9. The second-order valence-electron chi connectivity index (χ2n) is 8.67. The molecule has 1 nitrogen and oxygen atoms in total. The van der Waals surface area contributed by atoms with E-state index in [0.29, 0.717) is 0 Å². The Kier molecular flexibility index (Phi) is 7.50. The summed E-state index contributed by atoms with van der Waals surface area (Å²) in [4.78, 5) is 4.71. The number of hydrogen-bond acceptors (Lipinski definition) is 1. The van der Waals surface area contributed by atoms with Crippen molar-refractivity contribution in [2.75, 3.05) is 0 Å². The monoisotopic (exact) mass is 363 g/mol. The van der Waals surface area contributed by atoms with Gasteiger partial charge in [-0.25, -0.2) is 0 Å². The zero-order valence-electron chi connectivity index (χ0n) is 17.6. The van der Waals surface area contributed by atoms with Crippen molar-refractivity contribution in [1.29, 1.82) is 0 Å². The molecule has 3 atom stereocenters. The van der Waals surface area contributed by atoms with Crippen molar-refractivity contribution in [2.45, 2.75) is 84.5 Å². The van der Waals surface area contributed by atoms with Crippen LogP contribution in [0.15, 0.2) is 42.6 Å². The van der Waals surface area contributed by atoms with Gasteiger partial charge in [-0.05, 0) is 67.1 Å². The first-order chi connectivity index (χ1) is 13.2. The normalized spacial score (nSPS) is 22.7. The summed E-state index contributed by atoms with van der Waals surface area (Å²) in [5.74, 6) is 2.56. The van der Waals surface area contributed by atoms with Gasteiger partial charge in [0.2, 0.25) is 0 Å². The minimum Gasteiger partial charge on any atom is -0.256 e. The molecule has 0 bridgehead atoms. The third-order valence-electron chi connectivity index (χ3n) is 6.58. The van der Waals surface area contributed by atoms with Crippen LogP contribution in [0.2, 0.25) is 0 Å². The molecule has 1 fully saturated rings. The summed E-state index contributed by atoms with van der Waals surface area (Å²) in [6, 6.07) is 13.7. The van der Waals surface area contributed by atoms with Gasteiger partial charge in [-0.2, -0.15) is 0 Å². The maximum Gasteiger partial charge on any atom is 0.0702 e. The molecule has 1 heteroatoms. The Hall–Kier alpha value is -1.63. The molecule has 27 heavy (non-hydrogen) atoms. The van der Waals surface area contributed by atoms with Gasteiger partial charge in [0.1, 0.15) is 0 Å². The summed E-state index contributed by atoms with van der Waals surface area (Å²) < 4.78 is 0. The van der Waals surface area contributed by atoms with E-state index in [1.54, 1.807) is 0 Å². The lowest BCUT2D eigenvalue weighted by Crippen LogP contribution is -2.21. The highest BCUT2D eigenvalue weighted by Crippen LogP contribution is 2.41. The molecule has 1 aromatic heterocycles. The fourth-order valence-electron chi connectivity index (χ4n) is 4.81. The van der Waals surface area contributed by atoms with E-state index in [1.807, 2.05) is 0 Å². The standard InChI is InChI=1S/C26H37N/c1-4-6-7-9-21-10-17-26(27-19-21)24-14-12-23(13-15-24)25-16-11-22(8-5-2)20(3)18-25/h10,12-15,17,19-20,22,25H,4-9,11,16,18H2,1-3H3/t20-,22+,25+/m0/s1. The predicted molar refractivity (Wildman–Crippen MR) is 117 cm³/mol. The Balaban J connectivity index is 1.60. The number of unbranched alkanes of at least 4 members (excludes halogenated alkanes) is 2. The quantitative estimate of drug-likeness (QED) is 0.436. The number of benzene rings is 1. The van der Waals surface area contributed by atoms with E-state index in [-0.39, 0.29) is 0 Å². The summed E-state index contributed by atoms with van der Waals surface area (Å²) in [7, 11) is 0. The maximum absolute atomic E-state index is 4.71. The number of aryl methyl sites for hydroxylation is 1. The lowest BCUT2D eigenvalue weighted by Gasteiger charge is -2.34. The Morgan fingerprint density at radius 2 is 1.74 bits per heavy atom. The average molecular weight is 364 g/mol. The molecular weight excluding hydrogens is 326 g/mol. The fourth-order valence-corrected chi connectivity index (χ4v) is 4.81. The van der Waals surface area contributed by atoms with Gasteiger partial charge >= 0.3 is 0 Å². The van der Waals surface area contributed by atoms with Gasteiger partial charge < -0.3 is 0 Å². The van der Waals surface area contributed by atoms with Crippen molar-refractivity contribution in [3.63, 3.8) is 0 Å². The van der Waals surface area contributed by atoms with Gasteiger partial charge in [-0.3, -0.25) is 4.98 Å². The van der Waals surface area contributed by atoms with Crippen LogP contribution < -0.4 is 0 Å². The Labute approximate surface area is 166 Å². The van der Waals surface area contributed by atoms with Crippen LogP contribution in [0.25, 0.3) is 11.3 Å². The maximum atomic E-state index is 4.71. The van der Waals surface area contributed by atoms with Crippen molar-refractivity contribution in [3.8, 4) is 11.3 Å². The highest BCUT2D eigenvalue weighted by atomic mass is 14.7. The highest BCUT2D eigenvalue weighted by Gasteiger charge is 2.27. The van der Waals surface area contributed by atoms with E-state index in [9.17, 15) is 0 Å². The van der Waals surface area contributed by atoms with Gasteiger partial charge in [-0.15, -0.1) is 0 Å². The molecule has 0 amide bonds. The number of nitrogens with zero attached hydrogens (tertiary/aromatic N) is 1. The summed E-state index contributed by atoms with van der Waals surface area (Å²) in [5.41, 5.74) is 5.23. The molecule has 2 aromatic rings. The summed E-state index contributed by atoms with van der Waals surface area (Å²) in [6.45, 7) is 7.04. The first-order valence-electron chi connectivity index (χ1n) is 11.3. The molecule has 1 aliphatic rings. The van der Waals surface area contributed by atoms with Crippen molar-refractivity contribution in [2.24, 2.45) is 11.8 Å². The number of rotatable bonds is 8. The SMILES string of the molecule is CCCCCc1ccc(-c2ccc([C@@H]3CC[C@@H](CCC)[C@@H](C)C3)cc2)nc1. The van der Waals surface area contributed by atoms with E-state index in [0.717, 1.165) is 29.9 Å². The van der Waals surface area contributed by atoms with Crippen LogP contribution >= 0.6 is 0 Å². The van der Waals surface area contributed by atoms with Crippen LogP contribution in [0, 0.1) is 11.8 Å². The Bertz CT molecular complexity index is 670. The largest absolute Gasteiger partial charge is 0.256 e. The smallest absolute Gasteiger partial charge is 0.0702 e. The number of hydrogen-bond donors (Lipinski definition) is 0. The van der Waals surface area contributed by atoms with Crippen LogP contribution in [0.1, 0.15) is 89.2 Å². The number of pyridine rings is 1. The van der Waals surface area contributed by atoms with Gasteiger partial charge in [-0.1, -0.05) is 76.8 Å². The van der Waals surface area contributed by atoms with E-state index in [2.05, 4.69) is 63.4 Å². The van der Waals surface area contributed by atoms with Crippen molar-refractivity contribution in [1.82, 2.24) is 4.98 Å². The molecule has 1 heterocycles. The van der Waals surface area contributed by atoms with Crippen LogP contribution in [-0.4, -0.2) is 4.98 Å². The first kappa shape index (κ1) is 20.1. The lowest BCUT2D eigenvalue weighted by molar-refractivity contribution is 0.218. The zero-order valence-corrected chi connectivity index (χ0v) is 17.6. The molecule has 0 radical (unpaired) electrons. The van der Waals surface area contributed by atoms with E-state index in [1.165, 1.54) is 68.1 Å². The van der Waals surface area contributed by atoms with Gasteiger partial charge in [0.15, 0.2) is 0 Å². The Morgan fingerprint density at radius 3 is 2.37 bits per heavy atom. The van der Waals surface area contributed by atoms with Crippen molar-refractivity contribution in [3.05, 3.63) is 53.7 Å². The third-order valence-corrected chi connectivity index (χ3v) is 6.58. The van der Waals surface area contributed by atoms with Crippen molar-refractivity contribution < 1.29 is 0 Å². The molecule has 0 N–H and O–H groups in total. The van der Waals surface area contributed by atoms with Gasteiger partial charge in [0.25, 0.3) is 0 Å². The van der Waals surface area contributed by atoms with Crippen LogP contribution in [0.3, 0.4) is 0 Å².